The molecule has 5 aromatic rings. The van der Waals surface area contributed by atoms with Crippen LogP contribution in [0.1, 0.15) is 16.6 Å². The van der Waals surface area contributed by atoms with Crippen LogP contribution in [-0.2, 0) is 13.8 Å². The molecule has 0 spiro atoms. The van der Waals surface area contributed by atoms with Gasteiger partial charge in [-0.1, -0.05) is 48.5 Å². The lowest BCUT2D eigenvalue weighted by Crippen LogP contribution is -2.49. The van der Waals surface area contributed by atoms with E-state index in [9.17, 15) is 29.3 Å². The third-order valence-electron chi connectivity index (χ3n) is 7.31. The minimum atomic E-state index is -3.16. The maximum atomic E-state index is 14.1. The molecule has 0 aliphatic carbocycles. The van der Waals surface area contributed by atoms with E-state index >= 15 is 0 Å². The molecule has 198 valence electrons. The molecule has 1 aliphatic heterocycles. The third kappa shape index (κ3) is 4.12. The van der Waals surface area contributed by atoms with Gasteiger partial charge in [-0.3, -0.25) is 9.36 Å². The van der Waals surface area contributed by atoms with E-state index < -0.39 is 56.8 Å². The van der Waals surface area contributed by atoms with Gasteiger partial charge in [0.25, 0.3) is 5.91 Å². The van der Waals surface area contributed by atoms with Crippen LogP contribution in [0.5, 0.6) is 5.88 Å². The van der Waals surface area contributed by atoms with E-state index in [1.165, 1.54) is 18.1 Å². The molecule has 39 heavy (non-hydrogen) atoms. The van der Waals surface area contributed by atoms with Gasteiger partial charge in [-0.2, -0.15) is 0 Å². The Morgan fingerprint density at radius 3 is 2.44 bits per heavy atom. The lowest BCUT2D eigenvalue weighted by Gasteiger charge is -2.31. The molecule has 1 aromatic heterocycles. The first kappa shape index (κ1) is 25.3. The first-order valence-corrected chi connectivity index (χ1v) is 13.2. The first-order valence-electron chi connectivity index (χ1n) is 12.1. The second-order valence-corrected chi connectivity index (χ2v) is 10.1. The molecule has 6 rings (SSSR count). The van der Waals surface area contributed by atoms with Gasteiger partial charge in [-0.05, 0) is 50.3 Å². The van der Waals surface area contributed by atoms with Gasteiger partial charge in [0.05, 0.1) is 6.61 Å². The fourth-order valence-corrected chi connectivity index (χ4v) is 6.05. The summed E-state index contributed by atoms with van der Waals surface area (Å²) in [7, 11) is -1.70. The molecule has 0 radical (unpaired) electrons. The van der Waals surface area contributed by atoms with Crippen molar-refractivity contribution in [2.24, 2.45) is 0 Å². The molecule has 0 bridgehead atoms. The minimum Gasteiger partial charge on any atom is -0.858 e. The van der Waals surface area contributed by atoms with Crippen LogP contribution in [0.25, 0.3) is 32.3 Å². The molecule has 1 unspecified atom stereocenters. The van der Waals surface area contributed by atoms with E-state index in [0.717, 1.165) is 37.6 Å². The Balaban J connectivity index is 1.48. The van der Waals surface area contributed by atoms with E-state index in [1.807, 2.05) is 48.5 Å². The quantitative estimate of drug-likeness (QED) is 0.241. The molecule has 1 fully saturated rings. The van der Waals surface area contributed by atoms with Gasteiger partial charge >= 0.3 is 13.9 Å². The van der Waals surface area contributed by atoms with Crippen LogP contribution >= 0.6 is 8.25 Å². The maximum absolute atomic E-state index is 14.1. The largest absolute Gasteiger partial charge is 0.858 e. The highest BCUT2D eigenvalue weighted by Gasteiger charge is 2.53. The zero-order chi connectivity index (χ0) is 27.4. The Labute approximate surface area is 221 Å². The van der Waals surface area contributed by atoms with E-state index in [1.54, 1.807) is 6.07 Å². The number of carbonyl (C=O) groups is 1. The van der Waals surface area contributed by atoms with Crippen LogP contribution in [0.15, 0.2) is 71.7 Å². The predicted molar refractivity (Wildman–Crippen MR) is 140 cm³/mol. The Morgan fingerprint density at radius 1 is 1.10 bits per heavy atom. The van der Waals surface area contributed by atoms with Crippen LogP contribution in [0.2, 0.25) is 0 Å². The van der Waals surface area contributed by atoms with Crippen molar-refractivity contribution in [3.8, 4) is 5.88 Å². The number of carbonyl (C=O) groups excluding carboxylic acids is 1. The van der Waals surface area contributed by atoms with Crippen molar-refractivity contribution in [1.82, 2.24) is 14.5 Å². The fourth-order valence-electron chi connectivity index (χ4n) is 5.58. The number of hydrogen-bond donors (Lipinski definition) is 2. The summed E-state index contributed by atoms with van der Waals surface area (Å²) in [6.07, 6.45) is -2.53. The number of ether oxygens (including phenoxy) is 1. The van der Waals surface area contributed by atoms with Crippen LogP contribution in [0, 0.1) is 0 Å². The molecule has 4 aromatic carbocycles. The molecule has 5 atom stereocenters. The minimum absolute atomic E-state index is 0.363. The lowest BCUT2D eigenvalue weighted by atomic mass is 9.91. The molecule has 11 nitrogen and oxygen atoms in total. The van der Waals surface area contributed by atoms with E-state index in [0.29, 0.717) is 10.9 Å². The zero-order valence-corrected chi connectivity index (χ0v) is 21.4. The van der Waals surface area contributed by atoms with Crippen LogP contribution in [-0.4, -0.2) is 62.3 Å². The molecular weight excluding hydrogens is 525 g/mol. The summed E-state index contributed by atoms with van der Waals surface area (Å²) in [5.74, 6) is -1.22. The number of nitrogens with zero attached hydrogens (tertiary/aromatic N) is 3. The van der Waals surface area contributed by atoms with Crippen LogP contribution in [0.4, 0.5) is 0 Å². The Bertz CT molecular complexity index is 1790. The Hall–Kier alpha value is -3.99. The fraction of sp³-hybridized carbons (Fsp3) is 0.222. The molecule has 1 aliphatic rings. The summed E-state index contributed by atoms with van der Waals surface area (Å²) in [6, 6.07) is 17.3. The number of aliphatic hydroxyl groups is 1. The van der Waals surface area contributed by atoms with Crippen molar-refractivity contribution in [3.05, 3.63) is 82.9 Å². The summed E-state index contributed by atoms with van der Waals surface area (Å²) < 4.78 is 23.8. The van der Waals surface area contributed by atoms with Crippen molar-refractivity contribution in [3.63, 3.8) is 0 Å². The number of hydrogen-bond acceptors (Lipinski definition) is 8. The standard InChI is InChI=1S/C27H22N3O8P/c1-29(23-24(38-39(35)36)19(13-31)37-26(23)30-12-11-20(32)28-27(30)34)25(33)18-10-8-16-6-5-14-3-2-4-15-7-9-17(18)22(16)21(14)15/h2-12,19,23-24,26,31H,13H2,1H3,(H-,28,32,34,35,36)/t19-,23-,24-,26-/m1/s1. The molecular formula is C27H22N3O8P. The number of amides is 1. The average molecular weight is 547 g/mol. The normalized spacial score (nSPS) is 21.7. The van der Waals surface area contributed by atoms with E-state index in [4.69, 9.17) is 9.26 Å². The molecule has 1 saturated heterocycles. The van der Waals surface area contributed by atoms with Crippen LogP contribution < -0.4 is 10.8 Å². The number of aliphatic hydroxyl groups excluding tert-OH is 1. The molecule has 1 amide bonds. The Kier molecular flexibility index (Phi) is 6.25. The van der Waals surface area contributed by atoms with Gasteiger partial charge in [0.2, 0.25) is 0 Å². The van der Waals surface area contributed by atoms with Gasteiger partial charge < -0.3 is 19.8 Å². The van der Waals surface area contributed by atoms with Crippen LogP contribution in [0.3, 0.4) is 0 Å². The second-order valence-electron chi connectivity index (χ2n) is 9.39. The van der Waals surface area contributed by atoms with Crippen molar-refractivity contribution in [2.45, 2.75) is 24.5 Å². The summed E-state index contributed by atoms with van der Waals surface area (Å²) in [5, 5.41) is 27.2. The number of likely N-dealkylation sites (N-methyl/N-ethyl adjacent to an activating group) is 1. The highest BCUT2D eigenvalue weighted by atomic mass is 31.1. The maximum Gasteiger partial charge on any atom is 0.695 e. The van der Waals surface area contributed by atoms with Crippen molar-refractivity contribution in [1.29, 1.82) is 0 Å². The molecule has 2 heterocycles. The van der Waals surface area contributed by atoms with Gasteiger partial charge in [-0.15, -0.1) is 9.42 Å². The van der Waals surface area contributed by atoms with Gasteiger partial charge in [0.15, 0.2) is 12.3 Å². The van der Waals surface area contributed by atoms with E-state index in [-0.39, 0.29) is 0 Å². The highest BCUT2D eigenvalue weighted by molar-refractivity contribution is 7.32. The molecule has 2 N–H and O–H groups in total. The summed E-state index contributed by atoms with van der Waals surface area (Å²) in [4.78, 5) is 40.9. The number of aromatic nitrogens is 2. The van der Waals surface area contributed by atoms with Crippen molar-refractivity contribution in [2.75, 3.05) is 13.7 Å². The van der Waals surface area contributed by atoms with Gasteiger partial charge in [-0.25, -0.2) is 9.78 Å². The number of benzene rings is 4. The Morgan fingerprint density at radius 2 is 1.77 bits per heavy atom. The third-order valence-corrected chi connectivity index (χ3v) is 7.73. The smallest absolute Gasteiger partial charge is 0.695 e. The predicted octanol–water partition coefficient (Wildman–Crippen LogP) is 2.28. The van der Waals surface area contributed by atoms with Crippen molar-refractivity contribution >= 4 is 46.5 Å². The lowest BCUT2D eigenvalue weighted by molar-refractivity contribution is -0.275. The molecule has 0 saturated carbocycles. The topological polar surface area (TPSA) is 154 Å². The monoisotopic (exact) mass is 547 g/mol. The van der Waals surface area contributed by atoms with Gasteiger partial charge in [0, 0.05) is 23.4 Å². The summed E-state index contributed by atoms with van der Waals surface area (Å²) >= 11 is 0. The number of rotatable bonds is 6. The van der Waals surface area contributed by atoms with Crippen molar-refractivity contribution < 1.29 is 33.7 Å². The summed E-state index contributed by atoms with van der Waals surface area (Å²) in [6.45, 7) is -0.622. The zero-order valence-electron chi connectivity index (χ0n) is 20.5. The highest BCUT2D eigenvalue weighted by Crippen LogP contribution is 2.40. The summed E-state index contributed by atoms with van der Waals surface area (Å²) in [5.41, 5.74) is -0.575. The molecule has 12 heteroatoms. The van der Waals surface area contributed by atoms with E-state index in [2.05, 4.69) is 4.98 Å². The average Bonchev–Trinajstić information content (AvgIpc) is 3.27. The first-order chi connectivity index (χ1) is 18.8. The second kappa shape index (κ2) is 9.64. The SMILES string of the molecule is CN(C(=O)c1ccc2ccc3cccc4ccc1c2c34)[C@@H]1[C@H](O[P+](=O)O)[C@@H](CO)O[C@H]1n1ccc([O-])nc1=O. The van der Waals surface area contributed by atoms with Gasteiger partial charge in [0.1, 0.15) is 12.1 Å².